The molecule has 10 heteroatoms. The Morgan fingerprint density at radius 2 is 2.10 bits per heavy atom. The van der Waals surface area contributed by atoms with Gasteiger partial charge in [-0.2, -0.15) is 13.9 Å². The smallest absolute Gasteiger partial charge is 0.387 e. The molecule has 7 nitrogen and oxygen atoms in total. The standard InChI is InChI=1S/C19H27F2N5O2.HI/c1-4-27-16-8-5-7-15(17(16)28-18(20)21)12-24-19(22-3)23-9-6-10-26-13-14(2)11-25-26;/h5,7-8,11,13,18H,4,6,9-10,12H2,1-3H3,(H2,22,23,24);1H. The molecule has 1 heterocycles. The Morgan fingerprint density at radius 3 is 2.72 bits per heavy atom. The zero-order valence-corrected chi connectivity index (χ0v) is 19.2. The maximum atomic E-state index is 12.8. The fourth-order valence-electron chi connectivity index (χ4n) is 2.63. The average molecular weight is 523 g/mol. The Kier molecular flexibility index (Phi) is 11.3. The lowest BCUT2D eigenvalue weighted by atomic mass is 10.2. The van der Waals surface area contributed by atoms with Crippen molar-refractivity contribution < 1.29 is 18.3 Å². The molecule has 0 spiro atoms. The number of aromatic nitrogens is 2. The van der Waals surface area contributed by atoms with E-state index in [1.54, 1.807) is 32.2 Å². The highest BCUT2D eigenvalue weighted by Gasteiger charge is 2.16. The number of ether oxygens (including phenoxy) is 2. The van der Waals surface area contributed by atoms with Crippen molar-refractivity contribution in [2.75, 3.05) is 20.2 Å². The largest absolute Gasteiger partial charge is 0.490 e. The second kappa shape index (κ2) is 13.2. The molecule has 0 aliphatic carbocycles. The average Bonchev–Trinajstić information content (AvgIpc) is 3.08. The third kappa shape index (κ3) is 8.42. The molecule has 29 heavy (non-hydrogen) atoms. The van der Waals surface area contributed by atoms with Crippen LogP contribution in [0.3, 0.4) is 0 Å². The third-order valence-corrected chi connectivity index (χ3v) is 3.86. The van der Waals surface area contributed by atoms with Gasteiger partial charge in [-0.25, -0.2) is 0 Å². The van der Waals surface area contributed by atoms with Crippen LogP contribution in [-0.2, 0) is 13.1 Å². The predicted octanol–water partition coefficient (Wildman–Crippen LogP) is 3.56. The lowest BCUT2D eigenvalue weighted by Crippen LogP contribution is -2.37. The van der Waals surface area contributed by atoms with Crippen LogP contribution >= 0.6 is 24.0 Å². The van der Waals surface area contributed by atoms with Gasteiger partial charge in [0.1, 0.15) is 0 Å². The van der Waals surface area contributed by atoms with E-state index < -0.39 is 6.61 Å². The minimum absolute atomic E-state index is 0. The van der Waals surface area contributed by atoms with Crippen LogP contribution in [0.4, 0.5) is 8.78 Å². The van der Waals surface area contributed by atoms with Gasteiger partial charge in [0, 0.05) is 38.4 Å². The highest BCUT2D eigenvalue weighted by molar-refractivity contribution is 14.0. The van der Waals surface area contributed by atoms with E-state index in [-0.39, 0.29) is 36.3 Å². The van der Waals surface area contributed by atoms with E-state index in [0.29, 0.717) is 30.4 Å². The number of para-hydroxylation sites is 1. The Morgan fingerprint density at radius 1 is 1.31 bits per heavy atom. The topological polar surface area (TPSA) is 72.7 Å². The molecule has 0 saturated heterocycles. The monoisotopic (exact) mass is 523 g/mol. The summed E-state index contributed by atoms with van der Waals surface area (Å²) in [5.41, 5.74) is 1.68. The molecule has 0 fully saturated rings. The minimum atomic E-state index is -2.93. The Labute approximate surface area is 186 Å². The van der Waals surface area contributed by atoms with Gasteiger partial charge in [-0.3, -0.25) is 9.67 Å². The SMILES string of the molecule is CCOc1cccc(CNC(=NC)NCCCn2cc(C)cn2)c1OC(F)F.I. The van der Waals surface area contributed by atoms with E-state index in [1.165, 1.54) is 0 Å². The van der Waals surface area contributed by atoms with E-state index in [4.69, 9.17) is 4.74 Å². The summed E-state index contributed by atoms with van der Waals surface area (Å²) in [6, 6.07) is 5.05. The molecule has 1 aromatic heterocycles. The first-order chi connectivity index (χ1) is 13.5. The van der Waals surface area contributed by atoms with Gasteiger partial charge < -0.3 is 20.1 Å². The number of aliphatic imine (C=N–C) groups is 1. The Bertz CT molecular complexity index is 771. The lowest BCUT2D eigenvalue weighted by molar-refractivity contribution is -0.0520. The summed E-state index contributed by atoms with van der Waals surface area (Å²) in [7, 11) is 1.65. The maximum absolute atomic E-state index is 12.8. The summed E-state index contributed by atoms with van der Waals surface area (Å²) in [5, 5.41) is 10.5. The van der Waals surface area contributed by atoms with Gasteiger partial charge in [-0.1, -0.05) is 12.1 Å². The van der Waals surface area contributed by atoms with Gasteiger partial charge >= 0.3 is 6.61 Å². The fraction of sp³-hybridized carbons (Fsp3) is 0.474. The normalized spacial score (nSPS) is 11.2. The van der Waals surface area contributed by atoms with Crippen molar-refractivity contribution in [1.82, 2.24) is 20.4 Å². The van der Waals surface area contributed by atoms with Gasteiger partial charge in [-0.15, -0.1) is 24.0 Å². The Hall–Kier alpha value is -2.11. The number of rotatable bonds is 10. The summed E-state index contributed by atoms with van der Waals surface area (Å²) in [6.45, 7) is 2.96. The van der Waals surface area contributed by atoms with Gasteiger partial charge in [0.05, 0.1) is 12.8 Å². The van der Waals surface area contributed by atoms with E-state index in [0.717, 1.165) is 18.5 Å². The fourth-order valence-corrected chi connectivity index (χ4v) is 2.63. The highest BCUT2D eigenvalue weighted by Crippen LogP contribution is 2.32. The van der Waals surface area contributed by atoms with Crippen molar-refractivity contribution in [2.45, 2.75) is 40.0 Å². The number of nitrogens with zero attached hydrogens (tertiary/aromatic N) is 3. The van der Waals surface area contributed by atoms with Crippen molar-refractivity contribution in [3.63, 3.8) is 0 Å². The molecular weight excluding hydrogens is 495 g/mol. The molecule has 0 amide bonds. The molecule has 0 saturated carbocycles. The van der Waals surface area contributed by atoms with Crippen molar-refractivity contribution in [2.24, 2.45) is 4.99 Å². The number of benzene rings is 1. The first-order valence-corrected chi connectivity index (χ1v) is 9.16. The van der Waals surface area contributed by atoms with Crippen LogP contribution in [0.15, 0.2) is 35.6 Å². The zero-order chi connectivity index (χ0) is 20.4. The number of halogens is 3. The van der Waals surface area contributed by atoms with Gasteiger partial charge in [-0.05, 0) is 31.9 Å². The van der Waals surface area contributed by atoms with E-state index in [2.05, 4.69) is 25.5 Å². The second-order valence-corrected chi connectivity index (χ2v) is 6.04. The van der Waals surface area contributed by atoms with E-state index >= 15 is 0 Å². The number of hydrogen-bond donors (Lipinski definition) is 2. The highest BCUT2D eigenvalue weighted by atomic mass is 127. The summed E-state index contributed by atoms with van der Waals surface area (Å²) >= 11 is 0. The van der Waals surface area contributed by atoms with Crippen LogP contribution < -0.4 is 20.1 Å². The molecule has 0 unspecified atom stereocenters. The number of aryl methyl sites for hydroxylation is 2. The molecule has 0 bridgehead atoms. The van der Waals surface area contributed by atoms with Crippen LogP contribution in [0.1, 0.15) is 24.5 Å². The number of hydrogen-bond acceptors (Lipinski definition) is 4. The van der Waals surface area contributed by atoms with Crippen LogP contribution in [0.2, 0.25) is 0 Å². The van der Waals surface area contributed by atoms with E-state index in [1.807, 2.05) is 24.0 Å². The minimum Gasteiger partial charge on any atom is -0.490 e. The Balaban J connectivity index is 0.00000420. The molecule has 2 rings (SSSR count). The number of alkyl halides is 2. The van der Waals surface area contributed by atoms with Crippen LogP contribution in [0.5, 0.6) is 11.5 Å². The van der Waals surface area contributed by atoms with Crippen molar-refractivity contribution in [1.29, 1.82) is 0 Å². The second-order valence-electron chi connectivity index (χ2n) is 6.04. The zero-order valence-electron chi connectivity index (χ0n) is 16.8. The van der Waals surface area contributed by atoms with Gasteiger partial charge in [0.25, 0.3) is 0 Å². The van der Waals surface area contributed by atoms with Crippen molar-refractivity contribution >= 4 is 29.9 Å². The molecule has 0 atom stereocenters. The summed E-state index contributed by atoms with van der Waals surface area (Å²) in [5.74, 6) is 0.900. The quantitative estimate of drug-likeness (QED) is 0.216. The predicted molar refractivity (Wildman–Crippen MR) is 119 cm³/mol. The first kappa shape index (κ1) is 24.9. The number of guanidine groups is 1. The van der Waals surface area contributed by atoms with Gasteiger partial charge in [0.2, 0.25) is 0 Å². The van der Waals surface area contributed by atoms with Crippen LogP contribution in [-0.4, -0.2) is 42.6 Å². The summed E-state index contributed by atoms with van der Waals surface area (Å²) < 4.78 is 37.5. The van der Waals surface area contributed by atoms with Crippen LogP contribution in [0.25, 0.3) is 0 Å². The summed E-state index contributed by atoms with van der Waals surface area (Å²) in [4.78, 5) is 4.15. The molecule has 162 valence electrons. The molecule has 0 aliphatic heterocycles. The van der Waals surface area contributed by atoms with Crippen molar-refractivity contribution in [3.05, 3.63) is 41.7 Å². The summed E-state index contributed by atoms with van der Waals surface area (Å²) in [6.07, 6.45) is 4.67. The third-order valence-electron chi connectivity index (χ3n) is 3.86. The number of nitrogens with one attached hydrogen (secondary N) is 2. The molecule has 2 aromatic rings. The molecule has 0 aliphatic rings. The molecule has 0 radical (unpaired) electrons. The lowest BCUT2D eigenvalue weighted by Gasteiger charge is -2.17. The molecular formula is C19H28F2IN5O2. The molecule has 1 aromatic carbocycles. The van der Waals surface area contributed by atoms with Crippen molar-refractivity contribution in [3.8, 4) is 11.5 Å². The first-order valence-electron chi connectivity index (χ1n) is 9.16. The molecule has 2 N–H and O–H groups in total. The maximum Gasteiger partial charge on any atom is 0.387 e. The van der Waals surface area contributed by atoms with E-state index in [9.17, 15) is 8.78 Å². The van der Waals surface area contributed by atoms with Gasteiger partial charge in [0.15, 0.2) is 17.5 Å². The van der Waals surface area contributed by atoms with Crippen LogP contribution in [0, 0.1) is 6.92 Å².